The molecule has 0 radical (unpaired) electrons. The van der Waals surface area contributed by atoms with Crippen LogP contribution in [0, 0.1) is 23.7 Å². The number of likely N-dealkylation sites (tertiary alicyclic amines) is 1. The normalized spacial score (nSPS) is 15.0. The van der Waals surface area contributed by atoms with E-state index in [1.54, 1.807) is 6.92 Å². The fraction of sp³-hybridized carbons (Fsp3) is 0.606. The standard InChI is InChI=1S/C24H41N.C9H6F3N/c1-5-16-24(4,17-6-2)18-10-11-21-12-14-22(15-13-21)23(7-3)25-19-8-9-20-25;1-6-2-3-7(5-13)8(4-6)9(10,11)12/h12-15,23H,5-11,16-20H2,1-4H3;2-4H,1H3. The van der Waals surface area contributed by atoms with Gasteiger partial charge in [0.05, 0.1) is 17.2 Å². The highest BCUT2D eigenvalue weighted by atomic mass is 19.4. The van der Waals surface area contributed by atoms with Gasteiger partial charge in [0.2, 0.25) is 0 Å². The molecule has 210 valence electrons. The molecule has 0 N–H and O–H groups in total. The van der Waals surface area contributed by atoms with Crippen molar-refractivity contribution in [3.63, 3.8) is 0 Å². The Bertz CT molecular complexity index is 992. The van der Waals surface area contributed by atoms with E-state index in [9.17, 15) is 13.2 Å². The van der Waals surface area contributed by atoms with Gasteiger partial charge >= 0.3 is 6.18 Å². The number of aryl methyl sites for hydroxylation is 2. The minimum absolute atomic E-state index is 0.335. The highest BCUT2D eigenvalue weighted by molar-refractivity contribution is 5.41. The number of benzene rings is 2. The fourth-order valence-electron chi connectivity index (χ4n) is 5.96. The monoisotopic (exact) mass is 528 g/mol. The van der Waals surface area contributed by atoms with Gasteiger partial charge in [0, 0.05) is 6.04 Å². The molecule has 3 rings (SSSR count). The second-order valence-corrected chi connectivity index (χ2v) is 11.2. The quantitative estimate of drug-likeness (QED) is 0.290. The third-order valence-corrected chi connectivity index (χ3v) is 7.89. The zero-order valence-corrected chi connectivity index (χ0v) is 24.1. The molecule has 1 fully saturated rings. The first-order valence-electron chi connectivity index (χ1n) is 14.5. The van der Waals surface area contributed by atoms with Crippen LogP contribution in [0.1, 0.15) is 119 Å². The van der Waals surface area contributed by atoms with Gasteiger partial charge in [-0.1, -0.05) is 76.4 Å². The van der Waals surface area contributed by atoms with E-state index in [1.165, 1.54) is 107 Å². The van der Waals surface area contributed by atoms with E-state index in [-0.39, 0.29) is 5.56 Å². The van der Waals surface area contributed by atoms with E-state index in [1.807, 2.05) is 0 Å². The van der Waals surface area contributed by atoms with Crippen molar-refractivity contribution in [1.82, 2.24) is 4.90 Å². The van der Waals surface area contributed by atoms with Gasteiger partial charge in [-0.3, -0.25) is 4.90 Å². The van der Waals surface area contributed by atoms with E-state index in [0.717, 1.165) is 6.07 Å². The predicted molar refractivity (Wildman–Crippen MR) is 152 cm³/mol. The lowest BCUT2D eigenvalue weighted by molar-refractivity contribution is -0.137. The summed E-state index contributed by atoms with van der Waals surface area (Å²) in [6.45, 7) is 13.6. The number of alkyl halides is 3. The first-order valence-corrected chi connectivity index (χ1v) is 14.5. The number of nitriles is 1. The number of halogens is 3. The van der Waals surface area contributed by atoms with Crippen molar-refractivity contribution in [2.45, 2.75) is 111 Å². The molecule has 1 aliphatic heterocycles. The lowest BCUT2D eigenvalue weighted by Crippen LogP contribution is -2.25. The van der Waals surface area contributed by atoms with Crippen LogP contribution in [0.2, 0.25) is 0 Å². The van der Waals surface area contributed by atoms with Crippen molar-refractivity contribution in [3.05, 3.63) is 70.3 Å². The van der Waals surface area contributed by atoms with Crippen LogP contribution in [-0.2, 0) is 12.6 Å². The first-order chi connectivity index (χ1) is 18.1. The molecule has 1 aliphatic rings. The van der Waals surface area contributed by atoms with E-state index < -0.39 is 11.7 Å². The Morgan fingerprint density at radius 3 is 2.03 bits per heavy atom. The average Bonchev–Trinajstić information content (AvgIpc) is 3.40. The number of hydrogen-bond acceptors (Lipinski definition) is 2. The predicted octanol–water partition coefficient (Wildman–Crippen LogP) is 10.0. The SMILES string of the molecule is CCCC(C)(CCC)CCCc1ccc(C(CC)N2CCCC2)cc1.Cc1ccc(C#N)c(C(F)(F)F)c1. The van der Waals surface area contributed by atoms with E-state index in [2.05, 4.69) is 56.9 Å². The summed E-state index contributed by atoms with van der Waals surface area (Å²) in [4.78, 5) is 2.68. The molecule has 0 aromatic heterocycles. The van der Waals surface area contributed by atoms with Gasteiger partial charge in [0.25, 0.3) is 0 Å². The number of nitrogens with zero attached hydrogens (tertiary/aromatic N) is 2. The Morgan fingerprint density at radius 2 is 1.53 bits per heavy atom. The Hall–Kier alpha value is -2.32. The maximum Gasteiger partial charge on any atom is 0.417 e. The Balaban J connectivity index is 0.000000328. The molecule has 2 nitrogen and oxygen atoms in total. The molecule has 1 unspecified atom stereocenters. The molecule has 0 bridgehead atoms. The van der Waals surface area contributed by atoms with Gasteiger partial charge < -0.3 is 0 Å². The minimum atomic E-state index is -4.45. The Labute approximate surface area is 229 Å². The van der Waals surface area contributed by atoms with Crippen LogP contribution in [0.15, 0.2) is 42.5 Å². The van der Waals surface area contributed by atoms with Gasteiger partial charge in [0.15, 0.2) is 0 Å². The molecule has 2 aromatic rings. The van der Waals surface area contributed by atoms with Gasteiger partial charge in [-0.15, -0.1) is 0 Å². The molecule has 0 saturated carbocycles. The van der Waals surface area contributed by atoms with Crippen molar-refractivity contribution in [3.8, 4) is 6.07 Å². The Kier molecular flexibility index (Phi) is 12.9. The van der Waals surface area contributed by atoms with Gasteiger partial charge in [0.1, 0.15) is 0 Å². The van der Waals surface area contributed by atoms with Crippen molar-refractivity contribution < 1.29 is 13.2 Å². The summed E-state index contributed by atoms with van der Waals surface area (Å²) in [6.07, 6.45) is 8.89. The second kappa shape index (κ2) is 15.3. The topological polar surface area (TPSA) is 27.0 Å². The van der Waals surface area contributed by atoms with Crippen LogP contribution in [0.5, 0.6) is 0 Å². The summed E-state index contributed by atoms with van der Waals surface area (Å²) >= 11 is 0. The van der Waals surface area contributed by atoms with E-state index in [0.29, 0.717) is 17.0 Å². The summed E-state index contributed by atoms with van der Waals surface area (Å²) < 4.78 is 36.8. The molecule has 0 amide bonds. The van der Waals surface area contributed by atoms with Crippen LogP contribution in [0.4, 0.5) is 13.2 Å². The van der Waals surface area contributed by atoms with Crippen LogP contribution in [-0.4, -0.2) is 18.0 Å². The third kappa shape index (κ3) is 9.77. The fourth-order valence-corrected chi connectivity index (χ4v) is 5.96. The molecule has 2 aromatic carbocycles. The second-order valence-electron chi connectivity index (χ2n) is 11.2. The first kappa shape index (κ1) is 31.9. The molecule has 1 heterocycles. The highest BCUT2D eigenvalue weighted by Crippen LogP contribution is 2.35. The molecule has 38 heavy (non-hydrogen) atoms. The molecule has 1 atom stereocenters. The zero-order valence-electron chi connectivity index (χ0n) is 24.1. The van der Waals surface area contributed by atoms with Crippen LogP contribution in [0.3, 0.4) is 0 Å². The highest BCUT2D eigenvalue weighted by Gasteiger charge is 2.33. The molecular weight excluding hydrogens is 481 g/mol. The van der Waals surface area contributed by atoms with Crippen molar-refractivity contribution >= 4 is 0 Å². The summed E-state index contributed by atoms with van der Waals surface area (Å²) in [6, 6.07) is 15.4. The number of rotatable bonds is 11. The summed E-state index contributed by atoms with van der Waals surface area (Å²) in [5.74, 6) is 0. The summed E-state index contributed by atoms with van der Waals surface area (Å²) in [7, 11) is 0. The molecular formula is C33H47F3N2. The lowest BCUT2D eigenvalue weighted by Gasteiger charge is -2.29. The van der Waals surface area contributed by atoms with Crippen LogP contribution < -0.4 is 0 Å². The average molecular weight is 529 g/mol. The third-order valence-electron chi connectivity index (χ3n) is 7.89. The van der Waals surface area contributed by atoms with Crippen molar-refractivity contribution in [1.29, 1.82) is 5.26 Å². The summed E-state index contributed by atoms with van der Waals surface area (Å²) in [5, 5.41) is 8.42. The Morgan fingerprint density at radius 1 is 0.921 bits per heavy atom. The van der Waals surface area contributed by atoms with Crippen LogP contribution >= 0.6 is 0 Å². The van der Waals surface area contributed by atoms with Gasteiger partial charge in [-0.2, -0.15) is 18.4 Å². The van der Waals surface area contributed by atoms with Crippen LogP contribution in [0.25, 0.3) is 0 Å². The lowest BCUT2D eigenvalue weighted by atomic mass is 9.77. The molecule has 1 saturated heterocycles. The van der Waals surface area contributed by atoms with Gasteiger partial charge in [-0.05, 0) is 100 Å². The zero-order chi connectivity index (χ0) is 28.2. The summed E-state index contributed by atoms with van der Waals surface area (Å²) in [5.41, 5.74) is 2.90. The van der Waals surface area contributed by atoms with E-state index in [4.69, 9.17) is 5.26 Å². The van der Waals surface area contributed by atoms with Crippen molar-refractivity contribution in [2.24, 2.45) is 5.41 Å². The van der Waals surface area contributed by atoms with E-state index >= 15 is 0 Å². The largest absolute Gasteiger partial charge is 0.417 e. The smallest absolute Gasteiger partial charge is 0.296 e. The molecule has 5 heteroatoms. The number of hydrogen-bond donors (Lipinski definition) is 0. The van der Waals surface area contributed by atoms with Crippen molar-refractivity contribution in [2.75, 3.05) is 13.1 Å². The maximum atomic E-state index is 12.3. The maximum absolute atomic E-state index is 12.3. The molecule has 0 spiro atoms. The molecule has 0 aliphatic carbocycles. The van der Waals surface area contributed by atoms with Gasteiger partial charge in [-0.25, -0.2) is 0 Å². The minimum Gasteiger partial charge on any atom is -0.296 e.